The van der Waals surface area contributed by atoms with Gasteiger partial charge in [-0.1, -0.05) is 31.9 Å². The van der Waals surface area contributed by atoms with Gasteiger partial charge in [0.25, 0.3) is 0 Å². The van der Waals surface area contributed by atoms with E-state index in [-0.39, 0.29) is 0 Å². The molecular weight excluding hydrogens is 222 g/mol. The van der Waals surface area contributed by atoms with E-state index in [4.69, 9.17) is 4.74 Å². The van der Waals surface area contributed by atoms with Gasteiger partial charge in [-0.05, 0) is 49.9 Å². The van der Waals surface area contributed by atoms with Crippen LogP contribution in [0.1, 0.15) is 44.6 Å². The molecular formula is C16H25NO. The minimum absolute atomic E-state index is 0.665. The summed E-state index contributed by atoms with van der Waals surface area (Å²) in [4.78, 5) is 0. The van der Waals surface area contributed by atoms with Crippen LogP contribution in [0.15, 0.2) is 24.3 Å². The van der Waals surface area contributed by atoms with Crippen LogP contribution in [0.4, 0.5) is 0 Å². The molecule has 0 spiro atoms. The molecule has 1 aromatic rings. The second kappa shape index (κ2) is 7.42. The number of hydrogen-bond acceptors (Lipinski definition) is 2. The number of benzene rings is 1. The van der Waals surface area contributed by atoms with Gasteiger partial charge in [0.05, 0.1) is 6.61 Å². The van der Waals surface area contributed by atoms with Gasteiger partial charge in [0.15, 0.2) is 0 Å². The molecule has 0 aliphatic carbocycles. The van der Waals surface area contributed by atoms with Crippen molar-refractivity contribution in [2.24, 2.45) is 0 Å². The van der Waals surface area contributed by atoms with Gasteiger partial charge in [-0.2, -0.15) is 0 Å². The lowest BCUT2D eigenvalue weighted by molar-refractivity contribution is 0.268. The van der Waals surface area contributed by atoms with Crippen molar-refractivity contribution >= 4 is 0 Å². The Morgan fingerprint density at radius 1 is 1.22 bits per heavy atom. The fraction of sp³-hybridized carbons (Fsp3) is 0.625. The lowest BCUT2D eigenvalue weighted by Crippen LogP contribution is -2.35. The van der Waals surface area contributed by atoms with Crippen molar-refractivity contribution in [2.45, 2.75) is 51.5 Å². The fourth-order valence-corrected chi connectivity index (χ4v) is 2.53. The van der Waals surface area contributed by atoms with E-state index in [0.29, 0.717) is 6.04 Å². The third-order valence-corrected chi connectivity index (χ3v) is 3.61. The maximum atomic E-state index is 5.80. The SMILES string of the molecule is CCCc1ccc(OCC[C@@H]2CCCCN2)cc1. The highest BCUT2D eigenvalue weighted by atomic mass is 16.5. The topological polar surface area (TPSA) is 21.3 Å². The summed E-state index contributed by atoms with van der Waals surface area (Å²) in [6.07, 6.45) is 7.48. The van der Waals surface area contributed by atoms with Crippen molar-refractivity contribution in [2.75, 3.05) is 13.2 Å². The van der Waals surface area contributed by atoms with E-state index >= 15 is 0 Å². The summed E-state index contributed by atoms with van der Waals surface area (Å²) < 4.78 is 5.80. The molecule has 2 nitrogen and oxygen atoms in total. The van der Waals surface area contributed by atoms with E-state index in [1.807, 2.05) is 0 Å². The molecule has 0 amide bonds. The number of aryl methyl sites for hydroxylation is 1. The number of ether oxygens (including phenoxy) is 1. The van der Waals surface area contributed by atoms with Crippen LogP contribution in [-0.2, 0) is 6.42 Å². The first kappa shape index (κ1) is 13.4. The van der Waals surface area contributed by atoms with Crippen LogP contribution >= 0.6 is 0 Å². The third-order valence-electron chi connectivity index (χ3n) is 3.61. The molecule has 2 rings (SSSR count). The molecule has 100 valence electrons. The number of piperidine rings is 1. The first-order chi connectivity index (χ1) is 8.88. The fourth-order valence-electron chi connectivity index (χ4n) is 2.53. The first-order valence-electron chi connectivity index (χ1n) is 7.33. The molecule has 0 aromatic heterocycles. The molecule has 18 heavy (non-hydrogen) atoms. The summed E-state index contributed by atoms with van der Waals surface area (Å²) in [6.45, 7) is 4.21. The zero-order valence-electron chi connectivity index (χ0n) is 11.5. The predicted molar refractivity (Wildman–Crippen MR) is 76.2 cm³/mol. The zero-order chi connectivity index (χ0) is 12.6. The Kier molecular flexibility index (Phi) is 5.53. The van der Waals surface area contributed by atoms with Crippen molar-refractivity contribution in [3.8, 4) is 5.75 Å². The zero-order valence-corrected chi connectivity index (χ0v) is 11.5. The van der Waals surface area contributed by atoms with Gasteiger partial charge in [-0.3, -0.25) is 0 Å². The van der Waals surface area contributed by atoms with Crippen molar-refractivity contribution in [3.63, 3.8) is 0 Å². The predicted octanol–water partition coefficient (Wildman–Crippen LogP) is 3.55. The largest absolute Gasteiger partial charge is 0.494 e. The summed E-state index contributed by atoms with van der Waals surface area (Å²) in [7, 11) is 0. The van der Waals surface area contributed by atoms with Crippen molar-refractivity contribution < 1.29 is 4.74 Å². The van der Waals surface area contributed by atoms with E-state index in [9.17, 15) is 0 Å². The number of nitrogens with one attached hydrogen (secondary N) is 1. The molecule has 1 aliphatic rings. The lowest BCUT2D eigenvalue weighted by Gasteiger charge is -2.23. The summed E-state index contributed by atoms with van der Waals surface area (Å²) in [5.41, 5.74) is 1.40. The van der Waals surface area contributed by atoms with Crippen LogP contribution in [0.25, 0.3) is 0 Å². The molecule has 1 N–H and O–H groups in total. The van der Waals surface area contributed by atoms with Crippen LogP contribution in [0, 0.1) is 0 Å². The van der Waals surface area contributed by atoms with E-state index in [1.54, 1.807) is 0 Å². The number of hydrogen-bond donors (Lipinski definition) is 1. The lowest BCUT2D eigenvalue weighted by atomic mass is 10.0. The van der Waals surface area contributed by atoms with Crippen LogP contribution in [0.3, 0.4) is 0 Å². The van der Waals surface area contributed by atoms with Crippen molar-refractivity contribution in [3.05, 3.63) is 29.8 Å². The van der Waals surface area contributed by atoms with E-state index < -0.39 is 0 Å². The van der Waals surface area contributed by atoms with Gasteiger partial charge in [0, 0.05) is 6.04 Å². The average Bonchev–Trinajstić information content (AvgIpc) is 2.42. The van der Waals surface area contributed by atoms with Crippen LogP contribution in [0.2, 0.25) is 0 Å². The standard InChI is InChI=1S/C16H25NO/c1-2-5-14-7-9-16(10-8-14)18-13-11-15-6-3-4-12-17-15/h7-10,15,17H,2-6,11-13H2,1H3/t15-/m0/s1. The minimum Gasteiger partial charge on any atom is -0.494 e. The number of rotatable bonds is 6. The van der Waals surface area contributed by atoms with Gasteiger partial charge in [-0.25, -0.2) is 0 Å². The summed E-state index contributed by atoms with van der Waals surface area (Å²) >= 11 is 0. The molecule has 0 unspecified atom stereocenters. The van der Waals surface area contributed by atoms with Gasteiger partial charge in [-0.15, -0.1) is 0 Å². The molecule has 2 heteroatoms. The van der Waals surface area contributed by atoms with Gasteiger partial charge < -0.3 is 10.1 Å². The molecule has 0 bridgehead atoms. The van der Waals surface area contributed by atoms with Gasteiger partial charge in [0.2, 0.25) is 0 Å². The second-order valence-electron chi connectivity index (χ2n) is 5.18. The van der Waals surface area contributed by atoms with Crippen molar-refractivity contribution in [1.29, 1.82) is 0 Å². The minimum atomic E-state index is 0.665. The van der Waals surface area contributed by atoms with Gasteiger partial charge in [0.1, 0.15) is 5.75 Å². The van der Waals surface area contributed by atoms with E-state index in [0.717, 1.165) is 25.2 Å². The summed E-state index contributed by atoms with van der Waals surface area (Å²) in [6, 6.07) is 9.21. The molecule has 1 saturated heterocycles. The van der Waals surface area contributed by atoms with E-state index in [1.165, 1.54) is 37.8 Å². The average molecular weight is 247 g/mol. The quantitative estimate of drug-likeness (QED) is 0.830. The normalized spacial score (nSPS) is 19.7. The van der Waals surface area contributed by atoms with E-state index in [2.05, 4.69) is 36.5 Å². The van der Waals surface area contributed by atoms with Crippen LogP contribution in [-0.4, -0.2) is 19.2 Å². The highest BCUT2D eigenvalue weighted by Gasteiger charge is 2.11. The Labute approximate surface area is 111 Å². The molecule has 1 heterocycles. The maximum Gasteiger partial charge on any atom is 0.119 e. The second-order valence-corrected chi connectivity index (χ2v) is 5.18. The Morgan fingerprint density at radius 3 is 2.72 bits per heavy atom. The molecule has 0 radical (unpaired) electrons. The highest BCUT2D eigenvalue weighted by molar-refractivity contribution is 5.27. The smallest absolute Gasteiger partial charge is 0.119 e. The molecule has 0 saturated carbocycles. The first-order valence-corrected chi connectivity index (χ1v) is 7.33. The Balaban J connectivity index is 1.69. The highest BCUT2D eigenvalue weighted by Crippen LogP contribution is 2.15. The molecule has 1 aliphatic heterocycles. The molecule has 1 aromatic carbocycles. The third kappa shape index (κ3) is 4.34. The van der Waals surface area contributed by atoms with Crippen molar-refractivity contribution in [1.82, 2.24) is 5.32 Å². The van der Waals surface area contributed by atoms with Gasteiger partial charge >= 0.3 is 0 Å². The Bertz CT molecular complexity index is 327. The summed E-state index contributed by atoms with van der Waals surface area (Å²) in [5.74, 6) is 1.01. The molecule has 1 atom stereocenters. The maximum absolute atomic E-state index is 5.80. The molecule has 1 fully saturated rings. The van der Waals surface area contributed by atoms with Crippen LogP contribution < -0.4 is 10.1 Å². The monoisotopic (exact) mass is 247 g/mol. The van der Waals surface area contributed by atoms with Crippen LogP contribution in [0.5, 0.6) is 5.75 Å². The summed E-state index contributed by atoms with van der Waals surface area (Å²) in [5, 5.41) is 3.55. The Morgan fingerprint density at radius 2 is 2.06 bits per heavy atom. The Hall–Kier alpha value is -1.02.